The van der Waals surface area contributed by atoms with Gasteiger partial charge in [0, 0.05) is 19.6 Å². The third-order valence-electron chi connectivity index (χ3n) is 4.22. The largest absolute Gasteiger partial charge is 0.467 e. The average Bonchev–Trinajstić information content (AvgIpc) is 3.18. The van der Waals surface area contributed by atoms with E-state index in [-0.39, 0.29) is 35.9 Å². The molecule has 1 aliphatic heterocycles. The summed E-state index contributed by atoms with van der Waals surface area (Å²) in [5, 5.41) is 9.11. The van der Waals surface area contributed by atoms with E-state index in [1.807, 2.05) is 26.0 Å². The van der Waals surface area contributed by atoms with Crippen molar-refractivity contribution in [2.24, 2.45) is 4.99 Å². The Balaban J connectivity index is 0.00000338. The van der Waals surface area contributed by atoms with Crippen molar-refractivity contribution in [1.29, 1.82) is 0 Å². The lowest BCUT2D eigenvalue weighted by atomic mass is 9.99. The van der Waals surface area contributed by atoms with Gasteiger partial charge >= 0.3 is 6.03 Å². The van der Waals surface area contributed by atoms with Gasteiger partial charge in [0.2, 0.25) is 0 Å². The molecule has 9 heteroatoms. The number of rotatable bonds is 8. The van der Waals surface area contributed by atoms with E-state index in [9.17, 15) is 9.59 Å². The summed E-state index contributed by atoms with van der Waals surface area (Å²) in [6, 6.07) is 3.38. The Labute approximate surface area is 171 Å². The van der Waals surface area contributed by atoms with Crippen LogP contribution in [0.15, 0.2) is 27.8 Å². The van der Waals surface area contributed by atoms with Crippen molar-refractivity contribution in [3.8, 4) is 0 Å². The van der Waals surface area contributed by atoms with Gasteiger partial charge in [-0.1, -0.05) is 6.92 Å². The summed E-state index contributed by atoms with van der Waals surface area (Å²) >= 11 is 0. The van der Waals surface area contributed by atoms with Crippen molar-refractivity contribution < 1.29 is 14.0 Å². The van der Waals surface area contributed by atoms with Gasteiger partial charge in [0.05, 0.1) is 6.26 Å². The zero-order valence-electron chi connectivity index (χ0n) is 15.5. The van der Waals surface area contributed by atoms with E-state index in [1.165, 1.54) is 4.90 Å². The summed E-state index contributed by atoms with van der Waals surface area (Å²) in [5.41, 5.74) is -0.774. The number of guanidine groups is 1. The number of carbonyl (C=O) groups excluding carboxylic acids is 2. The molecule has 0 saturated carbocycles. The molecular formula is C17H28IN5O3. The minimum absolute atomic E-state index is 0. The zero-order valence-corrected chi connectivity index (χ0v) is 17.8. The van der Waals surface area contributed by atoms with Crippen molar-refractivity contribution in [2.75, 3.05) is 19.6 Å². The summed E-state index contributed by atoms with van der Waals surface area (Å²) < 4.78 is 5.26. The summed E-state index contributed by atoms with van der Waals surface area (Å²) in [6.45, 7) is 7.81. The van der Waals surface area contributed by atoms with Gasteiger partial charge in [-0.05, 0) is 38.8 Å². The maximum atomic E-state index is 12.3. The fourth-order valence-corrected chi connectivity index (χ4v) is 2.53. The highest BCUT2D eigenvalue weighted by molar-refractivity contribution is 14.0. The minimum Gasteiger partial charge on any atom is -0.467 e. The second-order valence-corrected chi connectivity index (χ2v) is 6.13. The number of hydrogen-bond acceptors (Lipinski definition) is 4. The molecule has 1 saturated heterocycles. The number of nitrogens with one attached hydrogen (secondary N) is 3. The van der Waals surface area contributed by atoms with Gasteiger partial charge < -0.3 is 20.4 Å². The van der Waals surface area contributed by atoms with Gasteiger partial charge in [0.15, 0.2) is 5.96 Å². The van der Waals surface area contributed by atoms with Crippen LogP contribution >= 0.6 is 24.0 Å². The maximum absolute atomic E-state index is 12.3. The predicted octanol–water partition coefficient (Wildman–Crippen LogP) is 2.06. The molecule has 26 heavy (non-hydrogen) atoms. The van der Waals surface area contributed by atoms with Crippen LogP contribution in [0, 0.1) is 0 Å². The number of halogens is 1. The molecule has 0 aliphatic carbocycles. The summed E-state index contributed by atoms with van der Waals surface area (Å²) in [5.74, 6) is 1.31. The van der Waals surface area contributed by atoms with E-state index < -0.39 is 5.54 Å². The third-order valence-corrected chi connectivity index (χ3v) is 4.22. The van der Waals surface area contributed by atoms with Gasteiger partial charge in [0.25, 0.3) is 5.91 Å². The first kappa shape index (κ1) is 22.3. The number of urea groups is 1. The molecule has 3 N–H and O–H groups in total. The smallest absolute Gasteiger partial charge is 0.325 e. The molecule has 0 bridgehead atoms. The van der Waals surface area contributed by atoms with Crippen LogP contribution in [-0.4, -0.2) is 48.0 Å². The highest BCUT2D eigenvalue weighted by Gasteiger charge is 2.45. The fraction of sp³-hybridized carbons (Fsp3) is 0.588. The van der Waals surface area contributed by atoms with E-state index in [0.717, 1.165) is 12.3 Å². The standard InChI is InChI=1S/C17H27N5O3.HI/c1-4-17(3)14(23)22(16(24)21-17)10-7-9-19-15(18-5-2)20-12-13-8-6-11-25-13;/h6,8,11H,4-5,7,9-10,12H2,1-3H3,(H,21,24)(H2,18,19,20);1H. The van der Waals surface area contributed by atoms with E-state index in [0.29, 0.717) is 38.4 Å². The molecule has 1 aromatic heterocycles. The van der Waals surface area contributed by atoms with Crippen molar-refractivity contribution in [2.45, 2.75) is 45.7 Å². The van der Waals surface area contributed by atoms with Gasteiger partial charge in [-0.15, -0.1) is 24.0 Å². The average molecular weight is 477 g/mol. The zero-order chi connectivity index (χ0) is 18.3. The van der Waals surface area contributed by atoms with Crippen LogP contribution < -0.4 is 16.0 Å². The highest BCUT2D eigenvalue weighted by Crippen LogP contribution is 2.20. The first-order chi connectivity index (χ1) is 12.0. The molecule has 146 valence electrons. The van der Waals surface area contributed by atoms with Gasteiger partial charge in [-0.3, -0.25) is 9.69 Å². The fourth-order valence-electron chi connectivity index (χ4n) is 2.53. The Morgan fingerprint density at radius 2 is 2.12 bits per heavy atom. The summed E-state index contributed by atoms with van der Waals surface area (Å²) in [4.78, 5) is 30.0. The van der Waals surface area contributed by atoms with E-state index >= 15 is 0 Å². The van der Waals surface area contributed by atoms with Crippen molar-refractivity contribution in [3.05, 3.63) is 24.2 Å². The second-order valence-electron chi connectivity index (χ2n) is 6.13. The van der Waals surface area contributed by atoms with Crippen LogP contribution in [0.25, 0.3) is 0 Å². The Hall–Kier alpha value is -1.78. The highest BCUT2D eigenvalue weighted by atomic mass is 127. The van der Waals surface area contributed by atoms with Gasteiger partial charge in [-0.2, -0.15) is 0 Å². The molecule has 1 aromatic rings. The summed E-state index contributed by atoms with van der Waals surface area (Å²) in [7, 11) is 0. The van der Waals surface area contributed by atoms with Crippen LogP contribution in [0.2, 0.25) is 0 Å². The third kappa shape index (κ3) is 5.61. The number of nitrogens with zero attached hydrogens (tertiary/aromatic N) is 2. The Morgan fingerprint density at radius 1 is 1.35 bits per heavy atom. The van der Waals surface area contributed by atoms with Crippen LogP contribution in [0.3, 0.4) is 0 Å². The van der Waals surface area contributed by atoms with Gasteiger partial charge in [-0.25, -0.2) is 9.79 Å². The number of carbonyl (C=O) groups is 2. The lowest BCUT2D eigenvalue weighted by Gasteiger charge is -2.19. The normalized spacial score (nSPS) is 20.0. The van der Waals surface area contributed by atoms with E-state index in [2.05, 4.69) is 20.9 Å². The first-order valence-corrected chi connectivity index (χ1v) is 8.69. The number of amides is 3. The molecule has 3 amide bonds. The Kier molecular flexibility index (Phi) is 8.89. The van der Waals surface area contributed by atoms with Crippen LogP contribution in [0.5, 0.6) is 0 Å². The maximum Gasteiger partial charge on any atom is 0.325 e. The van der Waals surface area contributed by atoms with Crippen LogP contribution in [-0.2, 0) is 11.3 Å². The monoisotopic (exact) mass is 477 g/mol. The van der Waals surface area contributed by atoms with E-state index in [4.69, 9.17) is 4.42 Å². The predicted molar refractivity (Wildman–Crippen MR) is 110 cm³/mol. The molecule has 1 aliphatic rings. The van der Waals surface area contributed by atoms with Gasteiger partial charge in [0.1, 0.15) is 17.8 Å². The molecular weight excluding hydrogens is 449 g/mol. The Bertz CT molecular complexity index is 620. The van der Waals surface area contributed by atoms with Crippen molar-refractivity contribution in [1.82, 2.24) is 20.9 Å². The quantitative estimate of drug-likeness (QED) is 0.175. The summed E-state index contributed by atoms with van der Waals surface area (Å²) in [6.07, 6.45) is 2.84. The molecule has 8 nitrogen and oxygen atoms in total. The molecule has 0 radical (unpaired) electrons. The number of imide groups is 1. The van der Waals surface area contributed by atoms with E-state index in [1.54, 1.807) is 13.2 Å². The number of hydrogen-bond donors (Lipinski definition) is 3. The first-order valence-electron chi connectivity index (χ1n) is 8.69. The van der Waals surface area contributed by atoms with Crippen molar-refractivity contribution >= 4 is 41.9 Å². The molecule has 1 atom stereocenters. The molecule has 2 rings (SSSR count). The molecule has 0 aromatic carbocycles. The second kappa shape index (κ2) is 10.4. The molecule has 1 unspecified atom stereocenters. The SMILES string of the molecule is CCNC(=NCc1ccco1)NCCCN1C(=O)NC(C)(CC)C1=O.I. The molecule has 1 fully saturated rings. The lowest BCUT2D eigenvalue weighted by Crippen LogP contribution is -2.43. The minimum atomic E-state index is -0.774. The topological polar surface area (TPSA) is 99.0 Å². The lowest BCUT2D eigenvalue weighted by molar-refractivity contribution is -0.130. The molecule has 0 spiro atoms. The van der Waals surface area contributed by atoms with Crippen molar-refractivity contribution in [3.63, 3.8) is 0 Å². The van der Waals surface area contributed by atoms with Crippen LogP contribution in [0.4, 0.5) is 4.79 Å². The number of furan rings is 1. The number of aliphatic imine (C=N–C) groups is 1. The Morgan fingerprint density at radius 3 is 2.69 bits per heavy atom. The van der Waals surface area contributed by atoms with Crippen LogP contribution in [0.1, 0.15) is 39.4 Å². The molecule has 2 heterocycles.